The Bertz CT molecular complexity index is 616. The molecule has 0 spiro atoms. The van der Waals surface area contributed by atoms with Crippen molar-refractivity contribution < 1.29 is 35.9 Å². The van der Waals surface area contributed by atoms with E-state index in [1.165, 1.54) is 29.6 Å². The van der Waals surface area contributed by atoms with Crippen molar-refractivity contribution in [2.24, 2.45) is 0 Å². The molecule has 0 aromatic heterocycles. The van der Waals surface area contributed by atoms with Crippen molar-refractivity contribution in [1.82, 2.24) is 15.5 Å². The minimum Gasteiger partial charge on any atom is -0.379 e. The highest BCUT2D eigenvalue weighted by atomic mass is 19.4. The van der Waals surface area contributed by atoms with Crippen molar-refractivity contribution in [3.63, 3.8) is 0 Å². The molecule has 0 atom stereocenters. The van der Waals surface area contributed by atoms with Gasteiger partial charge in [-0.15, -0.1) is 0 Å². The standard InChI is InChI=1S/C17H21F6N3O2/c18-16(19,20)15(17(21,22)23,24-6-7-26-8-10-28-11-9-26)25-14(27)12-13-4-2-1-3-5-13/h1-5,24H,6-12H2,(H,25,27). The van der Waals surface area contributed by atoms with E-state index in [1.807, 2.05) is 0 Å². The van der Waals surface area contributed by atoms with Crippen LogP contribution < -0.4 is 10.6 Å². The molecule has 0 aliphatic carbocycles. The van der Waals surface area contributed by atoms with Gasteiger partial charge >= 0.3 is 12.4 Å². The number of ether oxygens (including phenoxy) is 1. The zero-order chi connectivity index (χ0) is 20.8. The van der Waals surface area contributed by atoms with E-state index in [-0.39, 0.29) is 6.54 Å². The highest BCUT2D eigenvalue weighted by molar-refractivity contribution is 5.79. The first-order valence-corrected chi connectivity index (χ1v) is 8.59. The summed E-state index contributed by atoms with van der Waals surface area (Å²) in [7, 11) is 0. The normalized spacial score (nSPS) is 16.8. The van der Waals surface area contributed by atoms with Crippen LogP contribution in [0.3, 0.4) is 0 Å². The number of carbonyl (C=O) groups excluding carboxylic acids is 1. The Balaban J connectivity index is 2.13. The van der Waals surface area contributed by atoms with Crippen molar-refractivity contribution in [2.45, 2.75) is 24.4 Å². The van der Waals surface area contributed by atoms with Crippen LogP contribution in [0.4, 0.5) is 26.3 Å². The molecule has 158 valence electrons. The summed E-state index contributed by atoms with van der Waals surface area (Å²) in [5, 5.41) is 2.67. The Morgan fingerprint density at radius 1 is 1.00 bits per heavy atom. The van der Waals surface area contributed by atoms with Gasteiger partial charge < -0.3 is 10.1 Å². The van der Waals surface area contributed by atoms with Crippen molar-refractivity contribution in [3.05, 3.63) is 35.9 Å². The quantitative estimate of drug-likeness (QED) is 0.531. The molecule has 1 fully saturated rings. The highest BCUT2D eigenvalue weighted by Gasteiger charge is 2.71. The van der Waals surface area contributed by atoms with Gasteiger partial charge in [0, 0.05) is 26.2 Å². The van der Waals surface area contributed by atoms with Crippen LogP contribution >= 0.6 is 0 Å². The fourth-order valence-electron chi connectivity index (χ4n) is 2.81. The number of halogens is 6. The largest absolute Gasteiger partial charge is 0.434 e. The summed E-state index contributed by atoms with van der Waals surface area (Å²) in [5.41, 5.74) is -4.23. The lowest BCUT2D eigenvalue weighted by atomic mass is 10.1. The van der Waals surface area contributed by atoms with E-state index in [1.54, 1.807) is 11.0 Å². The van der Waals surface area contributed by atoms with Crippen LogP contribution in [-0.2, 0) is 16.0 Å². The lowest BCUT2D eigenvalue weighted by Crippen LogP contribution is -2.76. The van der Waals surface area contributed by atoms with Crippen molar-refractivity contribution in [1.29, 1.82) is 0 Å². The van der Waals surface area contributed by atoms with Crippen LogP contribution in [0.25, 0.3) is 0 Å². The van der Waals surface area contributed by atoms with Gasteiger partial charge in [-0.3, -0.25) is 15.0 Å². The predicted octanol–water partition coefficient (Wildman–Crippen LogP) is 2.09. The van der Waals surface area contributed by atoms with E-state index < -0.39 is 36.9 Å². The topological polar surface area (TPSA) is 53.6 Å². The first-order valence-electron chi connectivity index (χ1n) is 8.59. The second kappa shape index (κ2) is 9.10. The van der Waals surface area contributed by atoms with Crippen LogP contribution in [0.5, 0.6) is 0 Å². The summed E-state index contributed by atoms with van der Waals surface area (Å²) in [6.07, 6.45) is -12.2. The minimum atomic E-state index is -5.79. The molecule has 0 saturated carbocycles. The van der Waals surface area contributed by atoms with E-state index in [0.717, 1.165) is 5.32 Å². The third kappa shape index (κ3) is 5.58. The Morgan fingerprint density at radius 3 is 2.11 bits per heavy atom. The average molecular weight is 413 g/mol. The van der Waals surface area contributed by atoms with Gasteiger partial charge in [-0.05, 0) is 5.56 Å². The molecule has 11 heteroatoms. The number of alkyl halides is 6. The molecule has 1 aromatic rings. The average Bonchev–Trinajstić information content (AvgIpc) is 2.60. The number of hydrogen-bond donors (Lipinski definition) is 2. The second-order valence-electron chi connectivity index (χ2n) is 6.34. The first kappa shape index (κ1) is 22.4. The van der Waals surface area contributed by atoms with Gasteiger partial charge in [0.2, 0.25) is 5.91 Å². The van der Waals surface area contributed by atoms with Crippen LogP contribution in [0, 0.1) is 0 Å². The molecule has 1 aromatic carbocycles. The summed E-state index contributed by atoms with van der Waals surface area (Å²) in [5.74, 6) is -1.39. The number of morpholine rings is 1. The van der Waals surface area contributed by atoms with E-state index in [9.17, 15) is 31.1 Å². The monoisotopic (exact) mass is 413 g/mol. The van der Waals surface area contributed by atoms with Crippen molar-refractivity contribution >= 4 is 5.91 Å². The molecule has 0 radical (unpaired) electrons. The minimum absolute atomic E-state index is 0.0498. The number of rotatable bonds is 7. The van der Waals surface area contributed by atoms with Crippen LogP contribution in [-0.4, -0.2) is 68.2 Å². The fraction of sp³-hybridized carbons (Fsp3) is 0.588. The molecular weight excluding hydrogens is 392 g/mol. The maximum atomic E-state index is 13.5. The molecule has 1 aliphatic heterocycles. The van der Waals surface area contributed by atoms with Gasteiger partial charge in [-0.25, -0.2) is 0 Å². The molecule has 1 saturated heterocycles. The Hall–Kier alpha value is -1.85. The SMILES string of the molecule is O=C(Cc1ccccc1)NC(NCCN1CCOCC1)(C(F)(F)F)C(F)(F)F. The van der Waals surface area contributed by atoms with Crippen molar-refractivity contribution in [2.75, 3.05) is 39.4 Å². The van der Waals surface area contributed by atoms with Crippen LogP contribution in [0.1, 0.15) is 5.56 Å². The summed E-state index contributed by atoms with van der Waals surface area (Å²) in [6.45, 7) is 0.867. The molecule has 0 bridgehead atoms. The first-order chi connectivity index (χ1) is 13.1. The third-order valence-corrected chi connectivity index (χ3v) is 4.31. The number of benzene rings is 1. The Morgan fingerprint density at radius 2 is 1.57 bits per heavy atom. The molecule has 1 heterocycles. The third-order valence-electron chi connectivity index (χ3n) is 4.31. The van der Waals surface area contributed by atoms with Crippen molar-refractivity contribution in [3.8, 4) is 0 Å². The summed E-state index contributed by atoms with van der Waals surface area (Å²) in [4.78, 5) is 13.7. The van der Waals surface area contributed by atoms with E-state index in [4.69, 9.17) is 4.74 Å². The van der Waals surface area contributed by atoms with Gasteiger partial charge in [0.1, 0.15) is 0 Å². The molecule has 2 rings (SSSR count). The van der Waals surface area contributed by atoms with Gasteiger partial charge in [-0.2, -0.15) is 26.3 Å². The molecule has 28 heavy (non-hydrogen) atoms. The Kier molecular flexibility index (Phi) is 7.29. The van der Waals surface area contributed by atoms with E-state index >= 15 is 0 Å². The second-order valence-corrected chi connectivity index (χ2v) is 6.34. The van der Waals surface area contributed by atoms with Gasteiger partial charge in [0.05, 0.1) is 19.6 Å². The zero-order valence-corrected chi connectivity index (χ0v) is 14.9. The van der Waals surface area contributed by atoms with Gasteiger partial charge in [0.25, 0.3) is 5.66 Å². The van der Waals surface area contributed by atoms with Gasteiger partial charge in [0.15, 0.2) is 0 Å². The van der Waals surface area contributed by atoms with Crippen LogP contribution in [0.2, 0.25) is 0 Å². The highest BCUT2D eigenvalue weighted by Crippen LogP contribution is 2.41. The maximum Gasteiger partial charge on any atom is 0.434 e. The number of amides is 1. The predicted molar refractivity (Wildman–Crippen MR) is 88.4 cm³/mol. The Labute approximate surface area is 158 Å². The zero-order valence-electron chi connectivity index (χ0n) is 14.9. The molecule has 1 amide bonds. The van der Waals surface area contributed by atoms with E-state index in [2.05, 4.69) is 0 Å². The molecule has 2 N–H and O–H groups in total. The van der Waals surface area contributed by atoms with Gasteiger partial charge in [-0.1, -0.05) is 30.3 Å². The summed E-state index contributed by atoms with van der Waals surface area (Å²) < 4.78 is 86.1. The summed E-state index contributed by atoms with van der Waals surface area (Å²) >= 11 is 0. The number of carbonyl (C=O) groups is 1. The summed E-state index contributed by atoms with van der Waals surface area (Å²) in [6, 6.07) is 7.56. The maximum absolute atomic E-state index is 13.5. The van der Waals surface area contributed by atoms with Crippen LogP contribution in [0.15, 0.2) is 30.3 Å². The molecular formula is C17H21F6N3O2. The van der Waals surface area contributed by atoms with E-state index in [0.29, 0.717) is 31.9 Å². The lowest BCUT2D eigenvalue weighted by molar-refractivity contribution is -0.316. The fourth-order valence-corrected chi connectivity index (χ4v) is 2.81. The molecule has 0 unspecified atom stereocenters. The smallest absolute Gasteiger partial charge is 0.379 e. The molecule has 5 nitrogen and oxygen atoms in total. The lowest BCUT2D eigenvalue weighted by Gasteiger charge is -2.39. The number of nitrogens with zero attached hydrogens (tertiary/aromatic N) is 1. The molecule has 1 aliphatic rings. The number of nitrogens with one attached hydrogen (secondary N) is 2. The number of hydrogen-bond acceptors (Lipinski definition) is 4.